The summed E-state index contributed by atoms with van der Waals surface area (Å²) >= 11 is 5.99. The third kappa shape index (κ3) is 2.93. The van der Waals surface area contributed by atoms with E-state index in [1.807, 2.05) is 17.9 Å². The molecule has 2 aliphatic rings. The van der Waals surface area contributed by atoms with Crippen molar-refractivity contribution in [1.82, 2.24) is 9.88 Å². The normalized spacial score (nSPS) is 21.1. The van der Waals surface area contributed by atoms with Crippen molar-refractivity contribution in [3.63, 3.8) is 0 Å². The predicted octanol–water partition coefficient (Wildman–Crippen LogP) is 2.33. The van der Waals surface area contributed by atoms with Gasteiger partial charge in [-0.25, -0.2) is 4.98 Å². The number of hydrogen-bond donors (Lipinski definition) is 0. The fraction of sp³-hybridized carbons (Fsp3) is 0.600. The Bertz CT molecular complexity index is 538. The molecule has 0 aromatic carbocycles. The van der Waals surface area contributed by atoms with Crippen molar-refractivity contribution in [3.8, 4) is 5.75 Å². The molecule has 1 amide bonds. The maximum absolute atomic E-state index is 12.1. The Morgan fingerprint density at radius 2 is 2.38 bits per heavy atom. The lowest BCUT2D eigenvalue weighted by Gasteiger charge is -2.41. The highest BCUT2D eigenvalue weighted by atomic mass is 35.5. The van der Waals surface area contributed by atoms with Crippen LogP contribution in [0.3, 0.4) is 0 Å². The number of pyridine rings is 1. The molecule has 0 N–H and O–H groups in total. The van der Waals surface area contributed by atoms with Crippen LogP contribution in [0.1, 0.15) is 26.2 Å². The summed E-state index contributed by atoms with van der Waals surface area (Å²) in [7, 11) is 0. The second kappa shape index (κ2) is 6.10. The van der Waals surface area contributed by atoms with Gasteiger partial charge in [0.25, 0.3) is 0 Å². The van der Waals surface area contributed by atoms with E-state index in [0.717, 1.165) is 44.0 Å². The van der Waals surface area contributed by atoms with Crippen molar-refractivity contribution < 1.29 is 9.53 Å². The fourth-order valence-corrected chi connectivity index (χ4v) is 3.17. The SMILES string of the molecule is CCCC(=O)N1CCN2c3ncc(Cl)cc3OCCC2C1. The molecule has 1 saturated heterocycles. The molecule has 3 heterocycles. The van der Waals surface area contributed by atoms with Crippen molar-refractivity contribution in [1.29, 1.82) is 0 Å². The maximum Gasteiger partial charge on any atom is 0.222 e. The molecule has 114 valence electrons. The predicted molar refractivity (Wildman–Crippen MR) is 82.0 cm³/mol. The fourth-order valence-electron chi connectivity index (χ4n) is 3.02. The summed E-state index contributed by atoms with van der Waals surface area (Å²) in [6.45, 7) is 4.97. The number of rotatable bonds is 2. The second-order valence-corrected chi connectivity index (χ2v) is 5.99. The smallest absolute Gasteiger partial charge is 0.222 e. The van der Waals surface area contributed by atoms with Crippen molar-refractivity contribution in [2.24, 2.45) is 0 Å². The van der Waals surface area contributed by atoms with Crippen molar-refractivity contribution in [3.05, 3.63) is 17.3 Å². The summed E-state index contributed by atoms with van der Waals surface area (Å²) in [4.78, 5) is 20.8. The van der Waals surface area contributed by atoms with E-state index in [1.54, 1.807) is 6.20 Å². The molecule has 0 saturated carbocycles. The Labute approximate surface area is 129 Å². The van der Waals surface area contributed by atoms with Crippen LogP contribution in [0.25, 0.3) is 0 Å². The minimum absolute atomic E-state index is 0.256. The van der Waals surface area contributed by atoms with E-state index in [1.165, 1.54) is 0 Å². The van der Waals surface area contributed by atoms with Crippen LogP contribution in [0.15, 0.2) is 12.3 Å². The van der Waals surface area contributed by atoms with Gasteiger partial charge in [-0.2, -0.15) is 0 Å². The van der Waals surface area contributed by atoms with Gasteiger partial charge in [0, 0.05) is 44.7 Å². The quantitative estimate of drug-likeness (QED) is 0.841. The molecule has 1 fully saturated rings. The first-order chi connectivity index (χ1) is 10.2. The van der Waals surface area contributed by atoms with Crippen LogP contribution in [0, 0.1) is 0 Å². The van der Waals surface area contributed by atoms with Gasteiger partial charge in [-0.3, -0.25) is 4.79 Å². The number of carbonyl (C=O) groups excluding carboxylic acids is 1. The van der Waals surface area contributed by atoms with Gasteiger partial charge in [-0.05, 0) is 6.42 Å². The van der Waals surface area contributed by atoms with Gasteiger partial charge in [-0.15, -0.1) is 0 Å². The lowest BCUT2D eigenvalue weighted by atomic mass is 10.1. The van der Waals surface area contributed by atoms with Gasteiger partial charge in [-0.1, -0.05) is 18.5 Å². The summed E-state index contributed by atoms with van der Waals surface area (Å²) in [5.41, 5.74) is 0. The van der Waals surface area contributed by atoms with Crippen LogP contribution in [0.4, 0.5) is 5.82 Å². The molecule has 0 aliphatic carbocycles. The average Bonchev–Trinajstić information content (AvgIpc) is 2.65. The van der Waals surface area contributed by atoms with E-state index in [0.29, 0.717) is 18.1 Å². The first-order valence-electron chi connectivity index (χ1n) is 7.51. The van der Waals surface area contributed by atoms with Crippen LogP contribution in [0.5, 0.6) is 5.75 Å². The minimum Gasteiger partial charge on any atom is -0.490 e. The van der Waals surface area contributed by atoms with E-state index >= 15 is 0 Å². The largest absolute Gasteiger partial charge is 0.490 e. The number of halogens is 1. The molecular weight excluding hydrogens is 290 g/mol. The van der Waals surface area contributed by atoms with E-state index < -0.39 is 0 Å². The third-order valence-corrected chi connectivity index (χ3v) is 4.29. The number of aromatic nitrogens is 1. The van der Waals surface area contributed by atoms with Crippen molar-refractivity contribution in [2.45, 2.75) is 32.2 Å². The first-order valence-corrected chi connectivity index (χ1v) is 7.89. The topological polar surface area (TPSA) is 45.7 Å². The lowest BCUT2D eigenvalue weighted by Crippen LogP contribution is -2.55. The third-order valence-electron chi connectivity index (χ3n) is 4.08. The van der Waals surface area contributed by atoms with Crippen LogP contribution in [0.2, 0.25) is 5.02 Å². The minimum atomic E-state index is 0.256. The monoisotopic (exact) mass is 309 g/mol. The highest BCUT2D eigenvalue weighted by molar-refractivity contribution is 6.30. The van der Waals surface area contributed by atoms with Crippen molar-refractivity contribution >= 4 is 23.3 Å². The Balaban J connectivity index is 1.79. The van der Waals surface area contributed by atoms with Gasteiger partial charge < -0.3 is 14.5 Å². The van der Waals surface area contributed by atoms with E-state index in [2.05, 4.69) is 9.88 Å². The number of anilines is 1. The highest BCUT2D eigenvalue weighted by Gasteiger charge is 2.33. The number of nitrogens with zero attached hydrogens (tertiary/aromatic N) is 3. The van der Waals surface area contributed by atoms with Crippen LogP contribution in [-0.2, 0) is 4.79 Å². The highest BCUT2D eigenvalue weighted by Crippen LogP contribution is 2.34. The second-order valence-electron chi connectivity index (χ2n) is 5.55. The number of piperazine rings is 1. The zero-order valence-electron chi connectivity index (χ0n) is 12.2. The Kier molecular flexibility index (Phi) is 4.19. The average molecular weight is 310 g/mol. The molecule has 0 bridgehead atoms. The van der Waals surface area contributed by atoms with Gasteiger partial charge >= 0.3 is 0 Å². The molecule has 0 spiro atoms. The Hall–Kier alpha value is -1.49. The van der Waals surface area contributed by atoms with Gasteiger partial charge in [0.05, 0.1) is 17.7 Å². The zero-order valence-corrected chi connectivity index (χ0v) is 13.0. The van der Waals surface area contributed by atoms with Gasteiger partial charge in [0.2, 0.25) is 5.91 Å². The Morgan fingerprint density at radius 1 is 1.52 bits per heavy atom. The summed E-state index contributed by atoms with van der Waals surface area (Å²) in [6.07, 6.45) is 4.08. The van der Waals surface area contributed by atoms with E-state index in [9.17, 15) is 4.79 Å². The molecule has 6 heteroatoms. The summed E-state index contributed by atoms with van der Waals surface area (Å²) in [5.74, 6) is 1.86. The lowest BCUT2D eigenvalue weighted by molar-refractivity contribution is -0.132. The number of hydrogen-bond acceptors (Lipinski definition) is 4. The molecule has 21 heavy (non-hydrogen) atoms. The summed E-state index contributed by atoms with van der Waals surface area (Å²) < 4.78 is 5.77. The first kappa shape index (κ1) is 14.4. The standard InChI is InChI=1S/C15H20ClN3O2/c1-2-3-14(20)18-5-6-19-12(10-18)4-7-21-13-8-11(16)9-17-15(13)19/h8-9,12H,2-7,10H2,1H3. The zero-order chi connectivity index (χ0) is 14.8. The molecule has 1 aromatic rings. The van der Waals surface area contributed by atoms with Gasteiger partial charge in [0.15, 0.2) is 11.6 Å². The molecule has 3 rings (SSSR count). The van der Waals surface area contributed by atoms with Gasteiger partial charge in [0.1, 0.15) is 0 Å². The van der Waals surface area contributed by atoms with E-state index in [-0.39, 0.29) is 11.9 Å². The number of amides is 1. The van der Waals surface area contributed by atoms with Crippen LogP contribution < -0.4 is 9.64 Å². The number of fused-ring (bicyclic) bond motifs is 3. The number of ether oxygens (including phenoxy) is 1. The Morgan fingerprint density at radius 3 is 3.19 bits per heavy atom. The molecule has 1 aromatic heterocycles. The number of carbonyl (C=O) groups is 1. The molecule has 1 atom stereocenters. The maximum atomic E-state index is 12.1. The summed E-state index contributed by atoms with van der Waals surface area (Å²) in [5, 5.41) is 0.587. The molecule has 2 aliphatic heterocycles. The molecule has 1 unspecified atom stereocenters. The summed E-state index contributed by atoms with van der Waals surface area (Å²) in [6, 6.07) is 2.09. The molecule has 0 radical (unpaired) electrons. The molecule has 5 nitrogen and oxygen atoms in total. The van der Waals surface area contributed by atoms with Crippen molar-refractivity contribution in [2.75, 3.05) is 31.1 Å². The van der Waals surface area contributed by atoms with Crippen LogP contribution >= 0.6 is 11.6 Å². The molecular formula is C15H20ClN3O2. The van der Waals surface area contributed by atoms with Crippen LogP contribution in [-0.4, -0.2) is 48.1 Å². The van der Waals surface area contributed by atoms with E-state index in [4.69, 9.17) is 16.3 Å².